The topological polar surface area (TPSA) is 41.1 Å². The highest BCUT2D eigenvalue weighted by Crippen LogP contribution is 2.21. The van der Waals surface area contributed by atoms with Gasteiger partial charge in [-0.15, -0.1) is 6.42 Å². The average Bonchev–Trinajstić information content (AvgIpc) is 2.55. The van der Waals surface area contributed by atoms with Gasteiger partial charge in [0.25, 0.3) is 0 Å². The van der Waals surface area contributed by atoms with E-state index in [-0.39, 0.29) is 12.5 Å². The fraction of sp³-hybridized carbons (Fsp3) is 0.211. The summed E-state index contributed by atoms with van der Waals surface area (Å²) >= 11 is 0. The number of amides is 1. The molecule has 3 nitrogen and oxygen atoms in total. The van der Waals surface area contributed by atoms with Crippen molar-refractivity contribution < 1.29 is 4.79 Å². The zero-order chi connectivity index (χ0) is 15.9. The van der Waals surface area contributed by atoms with Crippen LogP contribution in [-0.2, 0) is 11.2 Å². The number of terminal acetylenes is 1. The van der Waals surface area contributed by atoms with E-state index in [2.05, 4.69) is 23.5 Å². The number of hydrogen-bond donors (Lipinski definition) is 2. The lowest BCUT2D eigenvalue weighted by Crippen LogP contribution is -2.22. The van der Waals surface area contributed by atoms with Crippen LogP contribution in [0.4, 0.5) is 11.4 Å². The molecule has 0 atom stereocenters. The number of carbonyl (C=O) groups is 1. The van der Waals surface area contributed by atoms with Crippen molar-refractivity contribution in [2.24, 2.45) is 0 Å². The number of carbonyl (C=O) groups excluding carboxylic acids is 1. The van der Waals surface area contributed by atoms with Gasteiger partial charge in [-0.25, -0.2) is 0 Å². The van der Waals surface area contributed by atoms with Gasteiger partial charge in [0.2, 0.25) is 5.91 Å². The van der Waals surface area contributed by atoms with Gasteiger partial charge < -0.3 is 10.6 Å². The SMILES string of the molecule is C#Cc1cccc(NCC(=O)Nc2c(C)cccc2CC)c1. The summed E-state index contributed by atoms with van der Waals surface area (Å²) in [5.74, 6) is 2.50. The van der Waals surface area contributed by atoms with Gasteiger partial charge in [-0.3, -0.25) is 4.79 Å². The lowest BCUT2D eigenvalue weighted by atomic mass is 10.1. The maximum atomic E-state index is 12.1. The van der Waals surface area contributed by atoms with Crippen molar-refractivity contribution >= 4 is 17.3 Å². The number of hydrogen-bond acceptors (Lipinski definition) is 2. The summed E-state index contributed by atoms with van der Waals surface area (Å²) in [6, 6.07) is 13.5. The van der Waals surface area contributed by atoms with E-state index in [0.717, 1.165) is 34.5 Å². The summed E-state index contributed by atoms with van der Waals surface area (Å²) in [7, 11) is 0. The summed E-state index contributed by atoms with van der Waals surface area (Å²) in [6.07, 6.45) is 6.25. The second-order valence-electron chi connectivity index (χ2n) is 5.09. The Kier molecular flexibility index (Phi) is 5.21. The van der Waals surface area contributed by atoms with E-state index in [1.165, 1.54) is 0 Å². The van der Waals surface area contributed by atoms with Gasteiger partial charge in [0.05, 0.1) is 6.54 Å². The molecule has 2 aromatic rings. The van der Waals surface area contributed by atoms with E-state index in [1.54, 1.807) is 0 Å². The van der Waals surface area contributed by atoms with Crippen molar-refractivity contribution in [3.63, 3.8) is 0 Å². The Hall–Kier alpha value is -2.73. The molecule has 0 aliphatic heterocycles. The fourth-order valence-corrected chi connectivity index (χ4v) is 2.29. The maximum Gasteiger partial charge on any atom is 0.243 e. The number of aryl methyl sites for hydroxylation is 2. The summed E-state index contributed by atoms with van der Waals surface area (Å²) in [5, 5.41) is 6.08. The van der Waals surface area contributed by atoms with Crippen molar-refractivity contribution in [3.05, 3.63) is 59.2 Å². The Morgan fingerprint density at radius 3 is 2.73 bits per heavy atom. The number of anilines is 2. The van der Waals surface area contributed by atoms with Gasteiger partial charge in [-0.2, -0.15) is 0 Å². The number of nitrogens with one attached hydrogen (secondary N) is 2. The quantitative estimate of drug-likeness (QED) is 0.827. The van der Waals surface area contributed by atoms with E-state index < -0.39 is 0 Å². The molecule has 3 heteroatoms. The van der Waals surface area contributed by atoms with Crippen LogP contribution in [0.5, 0.6) is 0 Å². The Morgan fingerprint density at radius 2 is 2.00 bits per heavy atom. The van der Waals surface area contributed by atoms with Crippen LogP contribution in [0.25, 0.3) is 0 Å². The first-order valence-electron chi connectivity index (χ1n) is 7.33. The molecule has 0 fully saturated rings. The molecule has 112 valence electrons. The molecule has 0 aliphatic rings. The van der Waals surface area contributed by atoms with Gasteiger partial charge in [0.15, 0.2) is 0 Å². The van der Waals surface area contributed by atoms with Crippen LogP contribution in [-0.4, -0.2) is 12.5 Å². The van der Waals surface area contributed by atoms with Crippen LogP contribution >= 0.6 is 0 Å². The Morgan fingerprint density at radius 1 is 1.23 bits per heavy atom. The molecular weight excluding hydrogens is 272 g/mol. The summed E-state index contributed by atoms with van der Waals surface area (Å²) in [4.78, 5) is 12.1. The molecule has 0 radical (unpaired) electrons. The predicted octanol–water partition coefficient (Wildman–Crippen LogP) is 3.59. The van der Waals surface area contributed by atoms with Crippen molar-refractivity contribution in [1.29, 1.82) is 0 Å². The smallest absolute Gasteiger partial charge is 0.243 e. The zero-order valence-corrected chi connectivity index (χ0v) is 12.9. The fourth-order valence-electron chi connectivity index (χ4n) is 2.29. The molecule has 0 saturated heterocycles. The lowest BCUT2D eigenvalue weighted by Gasteiger charge is -2.13. The first-order valence-corrected chi connectivity index (χ1v) is 7.33. The highest BCUT2D eigenvalue weighted by Gasteiger charge is 2.08. The first-order chi connectivity index (χ1) is 10.6. The maximum absolute atomic E-state index is 12.1. The Bertz CT molecular complexity index is 714. The molecule has 0 heterocycles. The van der Waals surface area contributed by atoms with Crippen LogP contribution in [0, 0.1) is 19.3 Å². The van der Waals surface area contributed by atoms with Crippen LogP contribution in [0.1, 0.15) is 23.6 Å². The Balaban J connectivity index is 2.00. The van der Waals surface area contributed by atoms with Crippen LogP contribution in [0.3, 0.4) is 0 Å². The molecule has 2 rings (SSSR count). The zero-order valence-electron chi connectivity index (χ0n) is 12.9. The number of para-hydroxylation sites is 1. The minimum atomic E-state index is -0.0740. The molecule has 0 unspecified atom stereocenters. The Labute approximate surface area is 131 Å². The molecular formula is C19H20N2O. The third-order valence-corrected chi connectivity index (χ3v) is 3.49. The largest absolute Gasteiger partial charge is 0.376 e. The second-order valence-corrected chi connectivity index (χ2v) is 5.09. The molecule has 0 spiro atoms. The van der Waals surface area contributed by atoms with Gasteiger partial charge in [0, 0.05) is 16.9 Å². The van der Waals surface area contributed by atoms with Crippen LogP contribution in [0.2, 0.25) is 0 Å². The predicted molar refractivity (Wildman–Crippen MR) is 92.1 cm³/mol. The molecule has 2 N–H and O–H groups in total. The normalized spacial score (nSPS) is 9.86. The van der Waals surface area contributed by atoms with E-state index in [0.29, 0.717) is 0 Å². The summed E-state index contributed by atoms with van der Waals surface area (Å²) in [6.45, 7) is 4.28. The first kappa shape index (κ1) is 15.7. The number of benzene rings is 2. The average molecular weight is 292 g/mol. The minimum Gasteiger partial charge on any atom is -0.376 e. The molecule has 0 bridgehead atoms. The van der Waals surface area contributed by atoms with E-state index >= 15 is 0 Å². The van der Waals surface area contributed by atoms with Crippen molar-refractivity contribution in [3.8, 4) is 12.3 Å². The van der Waals surface area contributed by atoms with Gasteiger partial charge in [-0.1, -0.05) is 37.1 Å². The molecule has 0 aromatic heterocycles. The van der Waals surface area contributed by atoms with E-state index in [4.69, 9.17) is 6.42 Å². The third-order valence-electron chi connectivity index (χ3n) is 3.49. The minimum absolute atomic E-state index is 0.0740. The van der Waals surface area contributed by atoms with Crippen molar-refractivity contribution in [2.45, 2.75) is 20.3 Å². The van der Waals surface area contributed by atoms with Crippen LogP contribution in [0.15, 0.2) is 42.5 Å². The lowest BCUT2D eigenvalue weighted by molar-refractivity contribution is -0.114. The summed E-state index contributed by atoms with van der Waals surface area (Å²) in [5.41, 5.74) is 4.75. The van der Waals surface area contributed by atoms with Crippen molar-refractivity contribution in [1.82, 2.24) is 0 Å². The third kappa shape index (κ3) is 3.89. The highest BCUT2D eigenvalue weighted by molar-refractivity contribution is 5.95. The molecule has 0 aliphatic carbocycles. The monoisotopic (exact) mass is 292 g/mol. The van der Waals surface area contributed by atoms with Gasteiger partial charge in [0.1, 0.15) is 0 Å². The second kappa shape index (κ2) is 7.33. The van der Waals surface area contributed by atoms with E-state index in [1.807, 2.05) is 49.4 Å². The molecule has 1 amide bonds. The van der Waals surface area contributed by atoms with Gasteiger partial charge >= 0.3 is 0 Å². The molecule has 2 aromatic carbocycles. The molecule has 22 heavy (non-hydrogen) atoms. The highest BCUT2D eigenvalue weighted by atomic mass is 16.1. The molecule has 0 saturated carbocycles. The number of rotatable bonds is 5. The van der Waals surface area contributed by atoms with Crippen molar-refractivity contribution in [2.75, 3.05) is 17.2 Å². The standard InChI is InChI=1S/C19H20N2O/c1-4-15-9-7-11-17(12-15)20-13-18(22)21-19-14(3)8-6-10-16(19)5-2/h1,6-12,20H,5,13H2,2-3H3,(H,21,22). The van der Waals surface area contributed by atoms with Crippen LogP contribution < -0.4 is 10.6 Å². The van der Waals surface area contributed by atoms with Gasteiger partial charge in [-0.05, 0) is 42.7 Å². The van der Waals surface area contributed by atoms with E-state index in [9.17, 15) is 4.79 Å². The summed E-state index contributed by atoms with van der Waals surface area (Å²) < 4.78 is 0.